The maximum atomic E-state index is 11.8. The number of aliphatic hydroxyl groups is 1. The molecule has 21 heavy (non-hydrogen) atoms. The highest BCUT2D eigenvalue weighted by molar-refractivity contribution is 5.90. The first kappa shape index (κ1) is 14.5. The molecule has 1 atom stereocenters. The number of rotatable bonds is 5. The van der Waals surface area contributed by atoms with Crippen molar-refractivity contribution in [2.45, 2.75) is 6.10 Å². The third kappa shape index (κ3) is 3.18. The maximum Gasteiger partial charge on any atom is 0.414 e. The van der Waals surface area contributed by atoms with Crippen LogP contribution in [0.3, 0.4) is 0 Å². The summed E-state index contributed by atoms with van der Waals surface area (Å²) < 4.78 is 5.10. The Morgan fingerprint density at radius 3 is 2.86 bits per heavy atom. The van der Waals surface area contributed by atoms with Gasteiger partial charge in [0.1, 0.15) is 6.10 Å². The summed E-state index contributed by atoms with van der Waals surface area (Å²) in [5.74, 6) is -0.0715. The molecule has 0 unspecified atom stereocenters. The minimum absolute atomic E-state index is 0.0715. The third-order valence-electron chi connectivity index (χ3n) is 3.16. The number of amides is 1. The van der Waals surface area contributed by atoms with E-state index in [0.717, 1.165) is 5.69 Å². The van der Waals surface area contributed by atoms with Crippen LogP contribution in [0.5, 0.6) is 0 Å². The van der Waals surface area contributed by atoms with E-state index in [-0.39, 0.29) is 12.4 Å². The molecule has 110 valence electrons. The van der Waals surface area contributed by atoms with Gasteiger partial charge in [0, 0.05) is 23.3 Å². The molecule has 1 aliphatic rings. The van der Waals surface area contributed by atoms with E-state index >= 15 is 0 Å². The number of aliphatic hydroxyl groups excluding tert-OH is 1. The van der Waals surface area contributed by atoms with Gasteiger partial charge in [-0.3, -0.25) is 4.90 Å². The van der Waals surface area contributed by atoms with E-state index in [1.54, 1.807) is 31.3 Å². The monoisotopic (exact) mass is 289 g/mol. The summed E-state index contributed by atoms with van der Waals surface area (Å²) in [6.45, 7) is 3.89. The zero-order valence-electron chi connectivity index (χ0n) is 11.5. The fourth-order valence-electron chi connectivity index (χ4n) is 1.96. The van der Waals surface area contributed by atoms with Crippen molar-refractivity contribution in [1.29, 1.82) is 0 Å². The van der Waals surface area contributed by atoms with Crippen molar-refractivity contribution in [3.05, 3.63) is 47.2 Å². The largest absolute Gasteiger partial charge is 0.495 e. The lowest BCUT2D eigenvalue weighted by Gasteiger charge is -2.19. The molecule has 1 amide bonds. The van der Waals surface area contributed by atoms with E-state index in [2.05, 4.69) is 16.6 Å². The Kier molecular flexibility index (Phi) is 4.20. The first-order valence-corrected chi connectivity index (χ1v) is 6.23. The van der Waals surface area contributed by atoms with Crippen LogP contribution in [0, 0.1) is 0 Å². The van der Waals surface area contributed by atoms with E-state index in [0.29, 0.717) is 12.2 Å². The van der Waals surface area contributed by atoms with Crippen LogP contribution in [-0.2, 0) is 4.74 Å². The fraction of sp³-hybridized carbons (Fsp3) is 0.308. The minimum Gasteiger partial charge on any atom is -0.495 e. The number of carbonyl (C=O) groups excluding carboxylic acids is 1. The van der Waals surface area contributed by atoms with Gasteiger partial charge in [-0.25, -0.2) is 4.79 Å². The van der Waals surface area contributed by atoms with Crippen LogP contribution in [-0.4, -0.2) is 37.4 Å². The molecule has 0 aromatic heterocycles. The lowest BCUT2D eigenvalue weighted by atomic mass is 10.2. The van der Waals surface area contributed by atoms with E-state index in [1.165, 1.54) is 9.80 Å². The smallest absolute Gasteiger partial charge is 0.414 e. The first-order chi connectivity index (χ1) is 10.0. The van der Waals surface area contributed by atoms with Gasteiger partial charge in [0.05, 0.1) is 13.1 Å². The maximum absolute atomic E-state index is 11.8. The van der Waals surface area contributed by atoms with E-state index in [1.807, 2.05) is 0 Å². The van der Waals surface area contributed by atoms with Crippen molar-refractivity contribution in [3.8, 4) is 0 Å². The van der Waals surface area contributed by atoms with Crippen LogP contribution in [0.25, 0.3) is 10.4 Å². The number of ether oxygens (including phenoxy) is 1. The molecule has 0 bridgehead atoms. The van der Waals surface area contributed by atoms with E-state index in [9.17, 15) is 9.90 Å². The summed E-state index contributed by atoms with van der Waals surface area (Å²) in [5.41, 5.74) is 9.69. The van der Waals surface area contributed by atoms with E-state index in [4.69, 9.17) is 10.3 Å². The van der Waals surface area contributed by atoms with Crippen LogP contribution in [0.2, 0.25) is 0 Å². The lowest BCUT2D eigenvalue weighted by molar-refractivity contribution is 0.145. The Hall–Kier alpha value is -2.86. The molecule has 1 N–H and O–H groups in total. The van der Waals surface area contributed by atoms with E-state index < -0.39 is 12.2 Å². The topological polar surface area (TPSA) is 102 Å². The standard InChI is InChI=1S/C13H15N5O3/c1-9(19)17(2)10-3-5-11(6-4-10)18-8-12(7-15-16-14)21-13(18)20/h3-6,12,19H,1,7-8H2,2H3/t12-/m0/s1. The number of azide groups is 1. The zero-order chi connectivity index (χ0) is 15.4. The molecule has 2 rings (SSSR count). The zero-order valence-corrected chi connectivity index (χ0v) is 11.5. The summed E-state index contributed by atoms with van der Waals surface area (Å²) in [4.78, 5) is 17.4. The van der Waals surface area contributed by atoms with Gasteiger partial charge >= 0.3 is 6.09 Å². The second-order valence-corrected chi connectivity index (χ2v) is 4.52. The number of cyclic esters (lactones) is 1. The predicted molar refractivity (Wildman–Crippen MR) is 78.2 cm³/mol. The fourth-order valence-corrected chi connectivity index (χ4v) is 1.96. The van der Waals surface area contributed by atoms with Gasteiger partial charge < -0.3 is 14.7 Å². The SMILES string of the molecule is C=C(O)N(C)c1ccc(N2C[C@H](CN=[N+]=[N-])OC2=O)cc1. The molecule has 8 nitrogen and oxygen atoms in total. The van der Waals surface area contributed by atoms with Gasteiger partial charge in [-0.15, -0.1) is 0 Å². The molecule has 1 aromatic rings. The normalized spacial score (nSPS) is 17.1. The van der Waals surface area contributed by atoms with Crippen LogP contribution >= 0.6 is 0 Å². The van der Waals surface area contributed by atoms with Crippen LogP contribution in [0.1, 0.15) is 0 Å². The molecule has 1 saturated heterocycles. The van der Waals surface area contributed by atoms with Gasteiger partial charge in [-0.2, -0.15) is 0 Å². The van der Waals surface area contributed by atoms with Gasteiger partial charge in [-0.05, 0) is 36.4 Å². The van der Waals surface area contributed by atoms with Gasteiger partial charge in [-0.1, -0.05) is 5.11 Å². The highest BCUT2D eigenvalue weighted by Gasteiger charge is 2.31. The van der Waals surface area contributed by atoms with Crippen molar-refractivity contribution < 1.29 is 14.6 Å². The minimum atomic E-state index is -0.471. The molecular weight excluding hydrogens is 274 g/mol. The average Bonchev–Trinajstić information content (AvgIpc) is 2.85. The molecule has 1 aliphatic heterocycles. The molecular formula is C13H15N5O3. The summed E-state index contributed by atoms with van der Waals surface area (Å²) in [6.07, 6.45) is -0.909. The highest BCUT2D eigenvalue weighted by atomic mass is 16.6. The number of carbonyl (C=O) groups is 1. The lowest BCUT2D eigenvalue weighted by Crippen LogP contribution is -2.25. The first-order valence-electron chi connectivity index (χ1n) is 6.23. The molecule has 0 radical (unpaired) electrons. The molecule has 1 heterocycles. The average molecular weight is 289 g/mol. The van der Waals surface area contributed by atoms with Crippen LogP contribution in [0.15, 0.2) is 41.8 Å². The van der Waals surface area contributed by atoms with Crippen molar-refractivity contribution in [2.75, 3.05) is 29.9 Å². The molecule has 0 spiro atoms. The quantitative estimate of drug-likeness (QED) is 0.389. The second kappa shape index (κ2) is 6.06. The summed E-state index contributed by atoms with van der Waals surface area (Å²) in [6, 6.07) is 6.99. The Morgan fingerprint density at radius 2 is 2.29 bits per heavy atom. The van der Waals surface area contributed by atoms with Crippen molar-refractivity contribution in [1.82, 2.24) is 0 Å². The molecule has 1 fully saturated rings. The third-order valence-corrected chi connectivity index (χ3v) is 3.16. The molecule has 0 saturated carbocycles. The summed E-state index contributed by atoms with van der Waals surface area (Å²) in [7, 11) is 1.68. The molecule has 0 aliphatic carbocycles. The van der Waals surface area contributed by atoms with Gasteiger partial charge in [0.2, 0.25) is 0 Å². The highest BCUT2D eigenvalue weighted by Crippen LogP contribution is 2.25. The Morgan fingerprint density at radius 1 is 1.62 bits per heavy atom. The van der Waals surface area contributed by atoms with Crippen molar-refractivity contribution in [3.63, 3.8) is 0 Å². The van der Waals surface area contributed by atoms with Gasteiger partial charge in [0.25, 0.3) is 0 Å². The van der Waals surface area contributed by atoms with Crippen LogP contribution < -0.4 is 9.80 Å². The second-order valence-electron chi connectivity index (χ2n) is 4.52. The summed E-state index contributed by atoms with van der Waals surface area (Å²) in [5, 5.41) is 12.7. The van der Waals surface area contributed by atoms with Crippen LogP contribution in [0.4, 0.5) is 16.2 Å². The Bertz CT molecular complexity index is 594. The Labute approximate surface area is 121 Å². The number of benzene rings is 1. The van der Waals surface area contributed by atoms with Crippen molar-refractivity contribution in [2.24, 2.45) is 5.11 Å². The van der Waals surface area contributed by atoms with Crippen molar-refractivity contribution >= 4 is 17.5 Å². The predicted octanol–water partition coefficient (Wildman–Crippen LogP) is 2.79. The number of nitrogens with zero attached hydrogens (tertiary/aromatic N) is 5. The molecule has 8 heteroatoms. The number of anilines is 2. The van der Waals surface area contributed by atoms with Gasteiger partial charge in [0.15, 0.2) is 5.88 Å². The number of hydrogen-bond acceptors (Lipinski definition) is 5. The Balaban J connectivity index is 2.10. The molecule has 1 aromatic carbocycles. The summed E-state index contributed by atoms with van der Waals surface area (Å²) >= 11 is 0. The number of hydrogen-bond donors (Lipinski definition) is 1.